The topological polar surface area (TPSA) is 37.2 Å². The molecule has 2 aromatic rings. The van der Waals surface area contributed by atoms with Crippen LogP contribution in [0, 0.1) is 0 Å². The Labute approximate surface area is 81.9 Å². The molecule has 2 N–H and O–H groups in total. The molecule has 0 spiro atoms. The normalized spacial score (nSPS) is 20.2. The smallest absolute Gasteiger partial charge is 0.107 e. The largest absolute Gasteiger partial charge is 0.327 e. The van der Waals surface area contributed by atoms with Gasteiger partial charge in [-0.15, -0.1) is 0 Å². The number of hydrogen-bond donors (Lipinski definition) is 2. The van der Waals surface area contributed by atoms with Gasteiger partial charge in [0.1, 0.15) is 6.17 Å². The second-order valence-electron chi connectivity index (χ2n) is 3.75. The highest BCUT2D eigenvalue weighted by Gasteiger charge is 2.22. The van der Waals surface area contributed by atoms with Crippen LogP contribution in [0.4, 0.5) is 0 Å². The zero-order valence-corrected chi connectivity index (χ0v) is 7.77. The van der Waals surface area contributed by atoms with Gasteiger partial charge in [0.25, 0.3) is 0 Å². The maximum Gasteiger partial charge on any atom is 0.107 e. The second kappa shape index (κ2) is 2.83. The van der Waals surface area contributed by atoms with E-state index in [9.17, 15) is 0 Å². The highest BCUT2D eigenvalue weighted by Crippen LogP contribution is 2.31. The molecule has 0 amide bonds. The number of nitrogens with one attached hydrogen (secondary N) is 1. The summed E-state index contributed by atoms with van der Waals surface area (Å²) in [7, 11) is 0. The zero-order valence-electron chi connectivity index (χ0n) is 7.77. The number of benzene rings is 1. The number of rotatable bonds is 1. The van der Waals surface area contributed by atoms with Crippen LogP contribution < -0.4 is 5.48 Å². The number of aromatic nitrogens is 1. The monoisotopic (exact) mass is 188 g/mol. The molecule has 3 rings (SSSR count). The molecule has 0 saturated carbocycles. The molecule has 1 atom stereocenters. The van der Waals surface area contributed by atoms with Gasteiger partial charge in [0.2, 0.25) is 0 Å². The van der Waals surface area contributed by atoms with Crippen LogP contribution in [0.5, 0.6) is 0 Å². The lowest BCUT2D eigenvalue weighted by atomic mass is 10.2. The van der Waals surface area contributed by atoms with Crippen molar-refractivity contribution in [3.8, 4) is 0 Å². The molecule has 0 bridgehead atoms. The van der Waals surface area contributed by atoms with E-state index in [0.717, 1.165) is 12.8 Å². The van der Waals surface area contributed by atoms with Crippen molar-refractivity contribution in [1.82, 2.24) is 10.0 Å². The number of nitrogens with zero attached hydrogens (tertiary/aromatic N) is 1. The summed E-state index contributed by atoms with van der Waals surface area (Å²) in [5.74, 6) is 0. The van der Waals surface area contributed by atoms with Gasteiger partial charge in [-0.1, -0.05) is 18.2 Å². The van der Waals surface area contributed by atoms with Gasteiger partial charge in [-0.2, -0.15) is 5.48 Å². The highest BCUT2D eigenvalue weighted by atomic mass is 16.5. The summed E-state index contributed by atoms with van der Waals surface area (Å²) in [4.78, 5) is 0. The number of hydroxylamine groups is 1. The fourth-order valence-corrected chi connectivity index (χ4v) is 2.33. The standard InChI is InChI=1S/C11H12N2O/c14-12-11-6-5-9-7-8-3-1-2-4-10(8)13(9)11/h1-4,7,11-12,14H,5-6H2. The minimum Gasteiger partial charge on any atom is -0.327 e. The molecule has 0 saturated heterocycles. The van der Waals surface area contributed by atoms with Gasteiger partial charge in [-0.3, -0.25) is 0 Å². The number of para-hydroxylation sites is 1. The molecule has 0 radical (unpaired) electrons. The molecule has 1 aromatic carbocycles. The first kappa shape index (κ1) is 8.03. The van der Waals surface area contributed by atoms with Gasteiger partial charge >= 0.3 is 0 Å². The fourth-order valence-electron chi connectivity index (χ4n) is 2.33. The molecule has 1 aliphatic heterocycles. The van der Waals surface area contributed by atoms with Crippen molar-refractivity contribution in [1.29, 1.82) is 0 Å². The molecule has 3 nitrogen and oxygen atoms in total. The van der Waals surface area contributed by atoms with E-state index in [-0.39, 0.29) is 6.17 Å². The van der Waals surface area contributed by atoms with Crippen LogP contribution in [-0.2, 0) is 6.42 Å². The Bertz CT molecular complexity index is 475. The maximum atomic E-state index is 9.02. The third-order valence-corrected chi connectivity index (χ3v) is 2.96. The van der Waals surface area contributed by atoms with Crippen molar-refractivity contribution in [3.63, 3.8) is 0 Å². The van der Waals surface area contributed by atoms with Gasteiger partial charge < -0.3 is 9.77 Å². The van der Waals surface area contributed by atoms with Gasteiger partial charge in [-0.25, -0.2) is 0 Å². The number of hydrogen-bond acceptors (Lipinski definition) is 2. The first-order valence-electron chi connectivity index (χ1n) is 4.88. The van der Waals surface area contributed by atoms with Gasteiger partial charge in [-0.05, 0) is 30.4 Å². The maximum absolute atomic E-state index is 9.02. The highest BCUT2D eigenvalue weighted by molar-refractivity contribution is 5.81. The molecular formula is C11H12N2O. The third-order valence-electron chi connectivity index (χ3n) is 2.96. The molecule has 3 heteroatoms. The Morgan fingerprint density at radius 2 is 2.21 bits per heavy atom. The first-order chi connectivity index (χ1) is 6.90. The van der Waals surface area contributed by atoms with Crippen molar-refractivity contribution in [2.45, 2.75) is 19.0 Å². The van der Waals surface area contributed by atoms with Crippen LogP contribution in [0.1, 0.15) is 18.3 Å². The molecular weight excluding hydrogens is 176 g/mol. The third kappa shape index (κ3) is 0.937. The summed E-state index contributed by atoms with van der Waals surface area (Å²) in [6.45, 7) is 0. The molecule has 1 unspecified atom stereocenters. The lowest BCUT2D eigenvalue weighted by molar-refractivity contribution is 0.0999. The van der Waals surface area contributed by atoms with Crippen LogP contribution in [-0.4, -0.2) is 9.77 Å². The van der Waals surface area contributed by atoms with Gasteiger partial charge in [0.15, 0.2) is 0 Å². The Morgan fingerprint density at radius 1 is 1.36 bits per heavy atom. The van der Waals surface area contributed by atoms with E-state index in [1.54, 1.807) is 0 Å². The van der Waals surface area contributed by atoms with Crippen molar-refractivity contribution in [2.75, 3.05) is 0 Å². The minimum absolute atomic E-state index is 0.0462. The lowest BCUT2D eigenvalue weighted by Gasteiger charge is -2.12. The molecule has 1 aromatic heterocycles. The van der Waals surface area contributed by atoms with Crippen molar-refractivity contribution < 1.29 is 5.21 Å². The van der Waals surface area contributed by atoms with E-state index in [1.807, 2.05) is 12.1 Å². The summed E-state index contributed by atoms with van der Waals surface area (Å²) >= 11 is 0. The predicted molar refractivity (Wildman–Crippen MR) is 54.2 cm³/mol. The SMILES string of the molecule is ONC1CCc2cc3ccccc3n21. The van der Waals surface area contributed by atoms with E-state index < -0.39 is 0 Å². The Kier molecular flexibility index (Phi) is 1.63. The molecule has 72 valence electrons. The molecule has 0 fully saturated rings. The average molecular weight is 188 g/mol. The summed E-state index contributed by atoms with van der Waals surface area (Å²) < 4.78 is 2.18. The predicted octanol–water partition coefficient (Wildman–Crippen LogP) is 2.06. The molecule has 14 heavy (non-hydrogen) atoms. The fraction of sp³-hybridized carbons (Fsp3) is 0.273. The van der Waals surface area contributed by atoms with Crippen LogP contribution >= 0.6 is 0 Å². The van der Waals surface area contributed by atoms with Crippen LogP contribution in [0.2, 0.25) is 0 Å². The van der Waals surface area contributed by atoms with E-state index in [0.29, 0.717) is 0 Å². The molecule has 0 aliphatic carbocycles. The number of aryl methyl sites for hydroxylation is 1. The summed E-state index contributed by atoms with van der Waals surface area (Å²) in [6.07, 6.45) is 2.05. The van der Waals surface area contributed by atoms with Crippen molar-refractivity contribution in [2.24, 2.45) is 0 Å². The summed E-state index contributed by atoms with van der Waals surface area (Å²) in [6, 6.07) is 10.5. The number of fused-ring (bicyclic) bond motifs is 3. The zero-order chi connectivity index (χ0) is 9.54. The Balaban J connectivity index is 2.29. The molecule has 2 heterocycles. The Hall–Kier alpha value is -1.32. The van der Waals surface area contributed by atoms with E-state index in [1.165, 1.54) is 16.6 Å². The van der Waals surface area contributed by atoms with Crippen molar-refractivity contribution in [3.05, 3.63) is 36.0 Å². The molecule has 1 aliphatic rings. The van der Waals surface area contributed by atoms with Crippen LogP contribution in [0.15, 0.2) is 30.3 Å². The summed E-state index contributed by atoms with van der Waals surface area (Å²) in [5, 5.41) is 10.3. The minimum atomic E-state index is 0.0462. The van der Waals surface area contributed by atoms with E-state index in [2.05, 4.69) is 28.2 Å². The van der Waals surface area contributed by atoms with Gasteiger partial charge in [0.05, 0.1) is 0 Å². The van der Waals surface area contributed by atoms with Crippen LogP contribution in [0.3, 0.4) is 0 Å². The second-order valence-corrected chi connectivity index (χ2v) is 3.75. The average Bonchev–Trinajstić information content (AvgIpc) is 2.75. The Morgan fingerprint density at radius 3 is 3.07 bits per heavy atom. The van der Waals surface area contributed by atoms with Crippen LogP contribution in [0.25, 0.3) is 10.9 Å². The van der Waals surface area contributed by atoms with E-state index >= 15 is 0 Å². The van der Waals surface area contributed by atoms with Gasteiger partial charge in [0, 0.05) is 11.2 Å². The summed E-state index contributed by atoms with van der Waals surface area (Å²) in [5.41, 5.74) is 4.87. The van der Waals surface area contributed by atoms with Crippen molar-refractivity contribution >= 4 is 10.9 Å². The first-order valence-corrected chi connectivity index (χ1v) is 4.88. The lowest BCUT2D eigenvalue weighted by Crippen LogP contribution is -2.19. The van der Waals surface area contributed by atoms with E-state index in [4.69, 9.17) is 5.21 Å². The quantitative estimate of drug-likeness (QED) is 0.672.